The first-order chi connectivity index (χ1) is 6.63. The molecule has 1 rings (SSSR count). The molecule has 0 aromatic carbocycles. The monoisotopic (exact) mass is 195 g/mol. The lowest BCUT2D eigenvalue weighted by atomic mass is 10.2. The van der Waals surface area contributed by atoms with E-state index < -0.39 is 0 Å². The van der Waals surface area contributed by atoms with E-state index in [2.05, 4.69) is 22.2 Å². The van der Waals surface area contributed by atoms with Crippen LogP contribution < -0.4 is 5.32 Å². The molecule has 0 saturated heterocycles. The van der Waals surface area contributed by atoms with Gasteiger partial charge in [-0.3, -0.25) is 4.79 Å². The number of aromatic amines is 1. The number of hydrogen-bond donors (Lipinski definition) is 2. The molecule has 1 aromatic rings. The van der Waals surface area contributed by atoms with Crippen LogP contribution in [-0.4, -0.2) is 15.9 Å². The zero-order valence-corrected chi connectivity index (χ0v) is 8.92. The molecule has 2 N–H and O–H groups in total. The Hall–Kier alpha value is -1.32. The molecule has 1 aromatic heterocycles. The smallest absolute Gasteiger partial charge is 0.228 e. The number of hydrogen-bond acceptors (Lipinski definition) is 2. The van der Waals surface area contributed by atoms with Crippen LogP contribution in [0.1, 0.15) is 33.0 Å². The maximum Gasteiger partial charge on any atom is 0.228 e. The van der Waals surface area contributed by atoms with Gasteiger partial charge in [0, 0.05) is 12.3 Å². The Morgan fingerprint density at radius 3 is 2.93 bits per heavy atom. The molecule has 1 amide bonds. The van der Waals surface area contributed by atoms with E-state index in [0.29, 0.717) is 5.82 Å². The molecular weight excluding hydrogens is 178 g/mol. The van der Waals surface area contributed by atoms with Crippen LogP contribution in [0, 0.1) is 5.92 Å². The first-order valence-corrected chi connectivity index (χ1v) is 4.98. The van der Waals surface area contributed by atoms with Crippen LogP contribution in [0.25, 0.3) is 0 Å². The van der Waals surface area contributed by atoms with E-state index in [1.807, 2.05) is 13.8 Å². The lowest BCUT2D eigenvalue weighted by Gasteiger charge is -2.04. The summed E-state index contributed by atoms with van der Waals surface area (Å²) in [6, 6.07) is 0. The Bertz CT molecular complexity index is 304. The van der Waals surface area contributed by atoms with Crippen molar-refractivity contribution in [1.29, 1.82) is 0 Å². The zero-order chi connectivity index (χ0) is 10.6. The lowest BCUT2D eigenvalue weighted by molar-refractivity contribution is -0.118. The van der Waals surface area contributed by atoms with Crippen LogP contribution in [-0.2, 0) is 11.2 Å². The molecule has 78 valence electrons. The van der Waals surface area contributed by atoms with Crippen molar-refractivity contribution in [2.75, 3.05) is 5.32 Å². The topological polar surface area (TPSA) is 57.8 Å². The minimum absolute atomic E-state index is 0.00655. The van der Waals surface area contributed by atoms with Crippen molar-refractivity contribution in [3.8, 4) is 0 Å². The van der Waals surface area contributed by atoms with Gasteiger partial charge < -0.3 is 10.3 Å². The van der Waals surface area contributed by atoms with Crippen molar-refractivity contribution in [1.82, 2.24) is 9.97 Å². The number of nitrogens with one attached hydrogen (secondary N) is 2. The number of carbonyl (C=O) groups excluding carboxylic acids is 1. The van der Waals surface area contributed by atoms with Gasteiger partial charge in [-0.05, 0) is 6.42 Å². The van der Waals surface area contributed by atoms with Gasteiger partial charge in [-0.2, -0.15) is 0 Å². The number of anilines is 1. The largest absolute Gasteiger partial charge is 0.329 e. The third-order valence-electron chi connectivity index (χ3n) is 1.90. The highest BCUT2D eigenvalue weighted by molar-refractivity contribution is 5.91. The second kappa shape index (κ2) is 4.79. The fourth-order valence-electron chi connectivity index (χ4n) is 1.07. The van der Waals surface area contributed by atoms with Crippen molar-refractivity contribution in [2.24, 2.45) is 5.92 Å². The van der Waals surface area contributed by atoms with Gasteiger partial charge in [0.05, 0.1) is 6.20 Å². The summed E-state index contributed by atoms with van der Waals surface area (Å²) < 4.78 is 0. The van der Waals surface area contributed by atoms with E-state index in [1.54, 1.807) is 6.20 Å². The normalized spacial score (nSPS) is 10.6. The standard InChI is InChI=1S/C10H17N3O/c1-4-5-8-11-6-9(12-8)13-10(14)7(2)3/h6-7H,4-5H2,1-3H3,(H,11,12)(H,13,14). The van der Waals surface area contributed by atoms with E-state index in [9.17, 15) is 4.79 Å². The molecule has 0 unspecified atom stereocenters. The van der Waals surface area contributed by atoms with Gasteiger partial charge in [-0.15, -0.1) is 0 Å². The second-order valence-electron chi connectivity index (χ2n) is 3.64. The van der Waals surface area contributed by atoms with E-state index in [0.717, 1.165) is 18.7 Å². The lowest BCUT2D eigenvalue weighted by Crippen LogP contribution is -2.17. The number of carbonyl (C=O) groups is 1. The highest BCUT2D eigenvalue weighted by Gasteiger charge is 2.08. The van der Waals surface area contributed by atoms with Gasteiger partial charge >= 0.3 is 0 Å². The average Bonchev–Trinajstić information content (AvgIpc) is 2.53. The Labute approximate surface area is 84.1 Å². The van der Waals surface area contributed by atoms with Gasteiger partial charge in [0.2, 0.25) is 5.91 Å². The predicted octanol–water partition coefficient (Wildman–Crippen LogP) is 1.96. The van der Waals surface area contributed by atoms with Crippen LogP contribution >= 0.6 is 0 Å². The molecule has 0 fully saturated rings. The minimum atomic E-state index is -0.00655. The molecule has 0 aliphatic heterocycles. The van der Waals surface area contributed by atoms with Gasteiger partial charge in [0.15, 0.2) is 0 Å². The van der Waals surface area contributed by atoms with E-state index in [-0.39, 0.29) is 11.8 Å². The molecule has 0 bridgehead atoms. The molecule has 4 heteroatoms. The summed E-state index contributed by atoms with van der Waals surface area (Å²) in [5, 5.41) is 2.76. The number of aromatic nitrogens is 2. The van der Waals surface area contributed by atoms with Crippen molar-refractivity contribution < 1.29 is 4.79 Å². The molecule has 0 aliphatic rings. The van der Waals surface area contributed by atoms with Crippen molar-refractivity contribution in [2.45, 2.75) is 33.6 Å². The van der Waals surface area contributed by atoms with Crippen LogP contribution in [0.15, 0.2) is 6.20 Å². The van der Waals surface area contributed by atoms with Crippen molar-refractivity contribution in [3.05, 3.63) is 12.0 Å². The van der Waals surface area contributed by atoms with E-state index in [1.165, 1.54) is 0 Å². The Morgan fingerprint density at radius 2 is 2.36 bits per heavy atom. The van der Waals surface area contributed by atoms with Crippen LogP contribution in [0.5, 0.6) is 0 Å². The third-order valence-corrected chi connectivity index (χ3v) is 1.90. The maximum atomic E-state index is 11.3. The quantitative estimate of drug-likeness (QED) is 0.771. The first-order valence-electron chi connectivity index (χ1n) is 4.98. The van der Waals surface area contributed by atoms with Gasteiger partial charge in [0.25, 0.3) is 0 Å². The summed E-state index contributed by atoms with van der Waals surface area (Å²) in [4.78, 5) is 18.5. The zero-order valence-electron chi connectivity index (χ0n) is 8.92. The number of nitrogens with zero attached hydrogens (tertiary/aromatic N) is 1. The average molecular weight is 195 g/mol. The third kappa shape index (κ3) is 2.87. The van der Waals surface area contributed by atoms with Crippen LogP contribution in [0.2, 0.25) is 0 Å². The highest BCUT2D eigenvalue weighted by atomic mass is 16.1. The fraction of sp³-hybridized carbons (Fsp3) is 0.600. The van der Waals surface area contributed by atoms with Gasteiger partial charge in [-0.25, -0.2) is 4.98 Å². The Kier molecular flexibility index (Phi) is 3.68. The van der Waals surface area contributed by atoms with Crippen LogP contribution in [0.3, 0.4) is 0 Å². The summed E-state index contributed by atoms with van der Waals surface area (Å²) in [5.74, 6) is 1.61. The SMILES string of the molecule is CCCc1ncc(NC(=O)C(C)C)[nH]1. The summed E-state index contributed by atoms with van der Waals surface area (Å²) in [6.07, 6.45) is 3.62. The molecule has 0 atom stereocenters. The molecule has 1 heterocycles. The number of H-pyrrole nitrogens is 1. The molecule has 0 radical (unpaired) electrons. The van der Waals surface area contributed by atoms with Crippen LogP contribution in [0.4, 0.5) is 5.82 Å². The van der Waals surface area contributed by atoms with Crippen molar-refractivity contribution >= 4 is 11.7 Å². The van der Waals surface area contributed by atoms with E-state index >= 15 is 0 Å². The Balaban J connectivity index is 2.55. The molecule has 14 heavy (non-hydrogen) atoms. The fourth-order valence-corrected chi connectivity index (χ4v) is 1.07. The van der Waals surface area contributed by atoms with Crippen molar-refractivity contribution in [3.63, 3.8) is 0 Å². The molecule has 0 aliphatic carbocycles. The van der Waals surface area contributed by atoms with E-state index in [4.69, 9.17) is 0 Å². The number of amides is 1. The summed E-state index contributed by atoms with van der Waals surface area (Å²) in [7, 11) is 0. The first kappa shape index (κ1) is 10.8. The highest BCUT2D eigenvalue weighted by Crippen LogP contribution is 2.06. The summed E-state index contributed by atoms with van der Waals surface area (Å²) >= 11 is 0. The number of aryl methyl sites for hydroxylation is 1. The summed E-state index contributed by atoms with van der Waals surface area (Å²) in [5.41, 5.74) is 0. The predicted molar refractivity (Wildman–Crippen MR) is 56.1 cm³/mol. The minimum Gasteiger partial charge on any atom is -0.329 e. The Morgan fingerprint density at radius 1 is 1.64 bits per heavy atom. The molecule has 0 spiro atoms. The molecular formula is C10H17N3O. The van der Waals surface area contributed by atoms with Gasteiger partial charge in [-0.1, -0.05) is 20.8 Å². The maximum absolute atomic E-state index is 11.3. The number of rotatable bonds is 4. The summed E-state index contributed by atoms with van der Waals surface area (Å²) in [6.45, 7) is 5.81. The molecule has 0 saturated carbocycles. The number of imidazole rings is 1. The second-order valence-corrected chi connectivity index (χ2v) is 3.64. The molecule has 4 nitrogen and oxygen atoms in total. The van der Waals surface area contributed by atoms with Gasteiger partial charge in [0.1, 0.15) is 11.6 Å².